The fourth-order valence-corrected chi connectivity index (χ4v) is 0.742. The van der Waals surface area contributed by atoms with Crippen molar-refractivity contribution in [3.8, 4) is 5.75 Å². The molecule has 1 aromatic rings. The summed E-state index contributed by atoms with van der Waals surface area (Å²) >= 11 is 0. The second kappa shape index (κ2) is 2.47. The molecule has 0 heterocycles. The van der Waals surface area contributed by atoms with Crippen LogP contribution in [-0.2, 0) is 0 Å². The molecule has 3 nitrogen and oxygen atoms in total. The molecule has 10 heavy (non-hydrogen) atoms. The summed E-state index contributed by atoms with van der Waals surface area (Å²) < 4.78 is 0. The van der Waals surface area contributed by atoms with E-state index in [9.17, 15) is 4.91 Å². The second-order valence-electron chi connectivity index (χ2n) is 2.06. The van der Waals surface area contributed by atoms with Crippen LogP contribution in [0.1, 0.15) is 5.56 Å². The molecule has 0 aliphatic heterocycles. The standard InChI is InChI=1S/C7H7NO2/c1-5-4-6(9)2-3-7(5)8-10/h2-4,9H,1H3. The molecule has 0 amide bonds. The zero-order chi connectivity index (χ0) is 7.56. The van der Waals surface area contributed by atoms with Crippen molar-refractivity contribution in [3.63, 3.8) is 0 Å². The molecular formula is C7H7NO2. The van der Waals surface area contributed by atoms with E-state index in [2.05, 4.69) is 5.18 Å². The summed E-state index contributed by atoms with van der Waals surface area (Å²) in [5.74, 6) is 0.157. The Bertz CT molecular complexity index is 258. The average molecular weight is 137 g/mol. The number of nitroso groups, excluding NO2 is 1. The monoisotopic (exact) mass is 137 g/mol. The molecule has 0 saturated carbocycles. The Hall–Kier alpha value is -1.38. The summed E-state index contributed by atoms with van der Waals surface area (Å²) in [6.07, 6.45) is 0. The van der Waals surface area contributed by atoms with Crippen LogP contribution in [-0.4, -0.2) is 5.11 Å². The van der Waals surface area contributed by atoms with E-state index in [0.29, 0.717) is 11.3 Å². The van der Waals surface area contributed by atoms with Crippen molar-refractivity contribution in [1.29, 1.82) is 0 Å². The molecule has 0 radical (unpaired) electrons. The van der Waals surface area contributed by atoms with E-state index in [1.807, 2.05) is 0 Å². The normalized spacial score (nSPS) is 9.30. The van der Waals surface area contributed by atoms with Gasteiger partial charge in [-0.1, -0.05) is 0 Å². The number of hydrogen-bond acceptors (Lipinski definition) is 3. The third kappa shape index (κ3) is 1.13. The largest absolute Gasteiger partial charge is 0.508 e. The molecule has 3 heteroatoms. The smallest absolute Gasteiger partial charge is 0.115 e. The minimum atomic E-state index is 0.157. The van der Waals surface area contributed by atoms with Crippen LogP contribution in [0.25, 0.3) is 0 Å². The van der Waals surface area contributed by atoms with Crippen LogP contribution in [0, 0.1) is 11.8 Å². The number of phenols is 1. The van der Waals surface area contributed by atoms with Crippen LogP contribution in [0.15, 0.2) is 23.4 Å². The maximum Gasteiger partial charge on any atom is 0.115 e. The number of hydrogen-bond donors (Lipinski definition) is 1. The lowest BCUT2D eigenvalue weighted by Gasteiger charge is -1.95. The van der Waals surface area contributed by atoms with Crippen LogP contribution in [0.3, 0.4) is 0 Å². The van der Waals surface area contributed by atoms with Gasteiger partial charge in [0.1, 0.15) is 11.4 Å². The first kappa shape index (κ1) is 6.74. The molecule has 0 aliphatic rings. The molecule has 0 aliphatic carbocycles. The molecular weight excluding hydrogens is 130 g/mol. The topological polar surface area (TPSA) is 49.7 Å². The van der Waals surface area contributed by atoms with Gasteiger partial charge < -0.3 is 5.11 Å². The molecule has 0 spiro atoms. The van der Waals surface area contributed by atoms with E-state index in [1.165, 1.54) is 18.2 Å². The highest BCUT2D eigenvalue weighted by atomic mass is 16.3. The van der Waals surface area contributed by atoms with Gasteiger partial charge in [-0.25, -0.2) is 0 Å². The maximum absolute atomic E-state index is 10.0. The Morgan fingerprint density at radius 1 is 1.50 bits per heavy atom. The quantitative estimate of drug-likeness (QED) is 0.602. The van der Waals surface area contributed by atoms with Crippen molar-refractivity contribution in [3.05, 3.63) is 28.7 Å². The molecule has 1 aromatic carbocycles. The Balaban J connectivity index is 3.19. The van der Waals surface area contributed by atoms with Gasteiger partial charge in [-0.2, -0.15) is 0 Å². The zero-order valence-corrected chi connectivity index (χ0v) is 5.53. The Kier molecular flexibility index (Phi) is 1.67. The van der Waals surface area contributed by atoms with Crippen molar-refractivity contribution in [2.24, 2.45) is 5.18 Å². The highest BCUT2D eigenvalue weighted by Crippen LogP contribution is 2.21. The van der Waals surface area contributed by atoms with Gasteiger partial charge in [0.2, 0.25) is 0 Å². The first-order valence-electron chi connectivity index (χ1n) is 2.87. The SMILES string of the molecule is Cc1cc(O)ccc1N=O. The summed E-state index contributed by atoms with van der Waals surface area (Å²) in [5.41, 5.74) is 1.06. The minimum Gasteiger partial charge on any atom is -0.508 e. The number of aryl methyl sites for hydroxylation is 1. The van der Waals surface area contributed by atoms with Crippen molar-refractivity contribution < 1.29 is 5.11 Å². The van der Waals surface area contributed by atoms with Crippen molar-refractivity contribution >= 4 is 5.69 Å². The summed E-state index contributed by atoms with van der Waals surface area (Å²) in [7, 11) is 0. The molecule has 0 bridgehead atoms. The Labute approximate surface area is 58.3 Å². The summed E-state index contributed by atoms with van der Waals surface area (Å²) in [6, 6.07) is 4.41. The highest BCUT2D eigenvalue weighted by Gasteiger charge is 1.96. The summed E-state index contributed by atoms with van der Waals surface area (Å²) in [6.45, 7) is 1.72. The minimum absolute atomic E-state index is 0.157. The van der Waals surface area contributed by atoms with Gasteiger partial charge in [-0.15, -0.1) is 4.91 Å². The van der Waals surface area contributed by atoms with Gasteiger partial charge >= 0.3 is 0 Å². The third-order valence-corrected chi connectivity index (χ3v) is 1.28. The first-order chi connectivity index (χ1) is 4.74. The van der Waals surface area contributed by atoms with Gasteiger partial charge in [0.05, 0.1) is 0 Å². The van der Waals surface area contributed by atoms with E-state index < -0.39 is 0 Å². The summed E-state index contributed by atoms with van der Waals surface area (Å²) in [4.78, 5) is 10.0. The second-order valence-corrected chi connectivity index (χ2v) is 2.06. The maximum atomic E-state index is 10.0. The van der Waals surface area contributed by atoms with Gasteiger partial charge in [-0.3, -0.25) is 0 Å². The van der Waals surface area contributed by atoms with E-state index >= 15 is 0 Å². The molecule has 0 fully saturated rings. The lowest BCUT2D eigenvalue weighted by atomic mass is 10.2. The van der Waals surface area contributed by atoms with E-state index in [4.69, 9.17) is 5.11 Å². The van der Waals surface area contributed by atoms with Crippen molar-refractivity contribution in [1.82, 2.24) is 0 Å². The van der Waals surface area contributed by atoms with Crippen LogP contribution < -0.4 is 0 Å². The predicted molar refractivity (Wildman–Crippen MR) is 38.3 cm³/mol. The van der Waals surface area contributed by atoms with Crippen LogP contribution >= 0.6 is 0 Å². The van der Waals surface area contributed by atoms with E-state index in [0.717, 1.165) is 0 Å². The van der Waals surface area contributed by atoms with Crippen LogP contribution in [0.2, 0.25) is 0 Å². The molecule has 52 valence electrons. The summed E-state index contributed by atoms with van der Waals surface area (Å²) in [5, 5.41) is 11.6. The lowest BCUT2D eigenvalue weighted by molar-refractivity contribution is 0.475. The number of nitrogens with zero attached hydrogens (tertiary/aromatic N) is 1. The molecule has 0 saturated heterocycles. The van der Waals surface area contributed by atoms with E-state index in [1.54, 1.807) is 6.92 Å². The van der Waals surface area contributed by atoms with Crippen molar-refractivity contribution in [2.45, 2.75) is 6.92 Å². The fraction of sp³-hybridized carbons (Fsp3) is 0.143. The predicted octanol–water partition coefficient (Wildman–Crippen LogP) is 2.10. The zero-order valence-electron chi connectivity index (χ0n) is 5.53. The first-order valence-corrected chi connectivity index (χ1v) is 2.87. The Morgan fingerprint density at radius 2 is 2.20 bits per heavy atom. The van der Waals surface area contributed by atoms with Gasteiger partial charge in [-0.05, 0) is 35.9 Å². The fourth-order valence-electron chi connectivity index (χ4n) is 0.742. The highest BCUT2D eigenvalue weighted by molar-refractivity contribution is 5.48. The average Bonchev–Trinajstić information content (AvgIpc) is 1.88. The number of aromatic hydroxyl groups is 1. The molecule has 1 N–H and O–H groups in total. The van der Waals surface area contributed by atoms with Gasteiger partial charge in [0.15, 0.2) is 0 Å². The van der Waals surface area contributed by atoms with Gasteiger partial charge in [0, 0.05) is 0 Å². The molecule has 0 atom stereocenters. The molecule has 1 rings (SSSR count). The van der Waals surface area contributed by atoms with Crippen LogP contribution in [0.5, 0.6) is 5.75 Å². The van der Waals surface area contributed by atoms with E-state index in [-0.39, 0.29) is 5.75 Å². The van der Waals surface area contributed by atoms with Crippen LogP contribution in [0.4, 0.5) is 5.69 Å². The molecule has 0 aromatic heterocycles. The number of benzene rings is 1. The Morgan fingerprint density at radius 3 is 2.70 bits per heavy atom. The molecule has 0 unspecified atom stereocenters. The third-order valence-electron chi connectivity index (χ3n) is 1.28. The number of phenolic OH excluding ortho intramolecular Hbond substituents is 1. The van der Waals surface area contributed by atoms with Crippen molar-refractivity contribution in [2.75, 3.05) is 0 Å². The number of rotatable bonds is 1. The lowest BCUT2D eigenvalue weighted by Crippen LogP contribution is -1.71. The van der Waals surface area contributed by atoms with Gasteiger partial charge in [0.25, 0.3) is 0 Å².